The monoisotopic (exact) mass is 453 g/mol. The molecule has 1 atom stereocenters. The maximum atomic E-state index is 13.4. The van der Waals surface area contributed by atoms with Crippen molar-refractivity contribution in [1.29, 1.82) is 0 Å². The van der Waals surface area contributed by atoms with Crippen molar-refractivity contribution in [2.45, 2.75) is 77.9 Å². The van der Waals surface area contributed by atoms with Crippen molar-refractivity contribution in [3.63, 3.8) is 0 Å². The molecular weight excluding hydrogens is 414 g/mol. The molecular formula is C21H39NO4Si3. The minimum absolute atomic E-state index is 0.159. The molecule has 0 fully saturated rings. The molecule has 1 N–H and O–H groups in total. The van der Waals surface area contributed by atoms with Gasteiger partial charge >= 0.3 is 0 Å². The topological polar surface area (TPSA) is 66.8 Å². The van der Waals surface area contributed by atoms with E-state index in [9.17, 15) is 14.7 Å². The average molecular weight is 454 g/mol. The highest BCUT2D eigenvalue weighted by atomic mass is 28.4. The lowest BCUT2D eigenvalue weighted by molar-refractivity contribution is -0.139. The van der Waals surface area contributed by atoms with Crippen molar-refractivity contribution in [2.75, 3.05) is 6.54 Å². The van der Waals surface area contributed by atoms with Crippen molar-refractivity contribution in [1.82, 2.24) is 4.23 Å². The molecule has 0 heterocycles. The molecule has 0 amide bonds. The minimum Gasteiger partial charge on any atom is -0.520 e. The molecule has 164 valence electrons. The third-order valence-corrected chi connectivity index (χ3v) is 13.1. The minimum atomic E-state index is -2.12. The van der Waals surface area contributed by atoms with Crippen LogP contribution in [0.2, 0.25) is 58.9 Å². The number of hydrogen-bond acceptors (Lipinski definition) is 5. The standard InChI is InChI=1S/C21H39NO4Si3/c1-17-11-13-18(14-12-17)20(24)21(25,15-19(23)26-29(8,9)10)16-22(27(2,3)4)28(5,6)7/h11-14,25H,15-16H2,1-10H3. The van der Waals surface area contributed by atoms with E-state index in [4.69, 9.17) is 4.43 Å². The van der Waals surface area contributed by atoms with Crippen molar-refractivity contribution in [3.05, 3.63) is 35.4 Å². The number of aryl methyl sites for hydroxylation is 1. The van der Waals surface area contributed by atoms with Crippen molar-refractivity contribution >= 4 is 36.5 Å². The highest BCUT2D eigenvalue weighted by Crippen LogP contribution is 2.28. The van der Waals surface area contributed by atoms with Gasteiger partial charge in [0.05, 0.1) is 6.42 Å². The summed E-state index contributed by atoms with van der Waals surface area (Å²) in [7, 11) is -5.82. The summed E-state index contributed by atoms with van der Waals surface area (Å²) < 4.78 is 7.92. The first-order valence-electron chi connectivity index (χ1n) is 10.2. The van der Waals surface area contributed by atoms with E-state index in [2.05, 4.69) is 43.5 Å². The quantitative estimate of drug-likeness (QED) is 0.435. The first-order chi connectivity index (χ1) is 12.8. The van der Waals surface area contributed by atoms with Crippen molar-refractivity contribution < 1.29 is 19.1 Å². The summed E-state index contributed by atoms with van der Waals surface area (Å²) in [5, 5.41) is 11.6. The molecule has 0 spiro atoms. The maximum absolute atomic E-state index is 13.4. The van der Waals surface area contributed by atoms with Gasteiger partial charge in [-0.25, -0.2) is 0 Å². The Hall–Kier alpha value is -1.07. The van der Waals surface area contributed by atoms with Crippen LogP contribution in [0, 0.1) is 6.92 Å². The number of rotatable bonds is 9. The fourth-order valence-corrected chi connectivity index (χ4v) is 13.8. The van der Waals surface area contributed by atoms with Crippen LogP contribution < -0.4 is 0 Å². The summed E-state index contributed by atoms with van der Waals surface area (Å²) in [5.41, 5.74) is -0.355. The normalized spacial score (nSPS) is 15.2. The third kappa shape index (κ3) is 7.93. The predicted octanol–water partition coefficient (Wildman–Crippen LogP) is 4.65. The van der Waals surface area contributed by atoms with Crippen LogP contribution in [-0.4, -0.2) is 58.0 Å². The predicted molar refractivity (Wildman–Crippen MR) is 128 cm³/mol. The summed E-state index contributed by atoms with van der Waals surface area (Å²) in [6, 6.07) is 7.14. The van der Waals surface area contributed by atoms with Gasteiger partial charge in [-0.2, -0.15) is 0 Å². The second-order valence-electron chi connectivity index (χ2n) is 10.9. The lowest BCUT2D eigenvalue weighted by Crippen LogP contribution is -2.65. The summed E-state index contributed by atoms with van der Waals surface area (Å²) in [6.45, 7) is 21.1. The van der Waals surface area contributed by atoms with E-state index in [1.807, 2.05) is 38.7 Å². The molecule has 0 bridgehead atoms. The second-order valence-corrected chi connectivity index (χ2v) is 25.6. The zero-order valence-electron chi connectivity index (χ0n) is 19.8. The Bertz CT molecular complexity index is 716. The summed E-state index contributed by atoms with van der Waals surface area (Å²) in [5.74, 6) is -0.912. The van der Waals surface area contributed by atoms with Gasteiger partial charge in [0, 0.05) is 12.1 Å². The molecule has 5 nitrogen and oxygen atoms in total. The number of nitrogens with zero attached hydrogens (tertiary/aromatic N) is 1. The number of ketones is 1. The lowest BCUT2D eigenvalue weighted by atomic mass is 9.89. The van der Waals surface area contributed by atoms with Crippen molar-refractivity contribution in [2.24, 2.45) is 0 Å². The molecule has 0 aliphatic heterocycles. The molecule has 0 radical (unpaired) electrons. The van der Waals surface area contributed by atoms with Crippen LogP contribution in [0.15, 0.2) is 24.3 Å². The van der Waals surface area contributed by atoms with E-state index < -0.39 is 42.1 Å². The van der Waals surface area contributed by atoms with Gasteiger partial charge in [0.2, 0.25) is 8.32 Å². The molecule has 0 aromatic heterocycles. The summed E-state index contributed by atoms with van der Waals surface area (Å²) in [4.78, 5) is 26.1. The Morgan fingerprint density at radius 3 is 1.76 bits per heavy atom. The molecule has 8 heteroatoms. The Labute approximate surface area is 179 Å². The van der Waals surface area contributed by atoms with Gasteiger partial charge < -0.3 is 13.8 Å². The fraction of sp³-hybridized carbons (Fsp3) is 0.619. The number of hydrogen-bond donors (Lipinski definition) is 1. The molecule has 1 unspecified atom stereocenters. The van der Waals surface area contributed by atoms with E-state index in [0.717, 1.165) is 5.56 Å². The lowest BCUT2D eigenvalue weighted by Gasteiger charge is -2.47. The number of aliphatic hydroxyl groups is 1. The summed E-state index contributed by atoms with van der Waals surface area (Å²) in [6.07, 6.45) is -0.324. The van der Waals surface area contributed by atoms with E-state index >= 15 is 0 Å². The molecule has 1 aromatic rings. The molecule has 0 saturated heterocycles. The zero-order valence-corrected chi connectivity index (χ0v) is 22.8. The van der Waals surface area contributed by atoms with Gasteiger partial charge in [-0.3, -0.25) is 9.59 Å². The Morgan fingerprint density at radius 2 is 1.38 bits per heavy atom. The van der Waals surface area contributed by atoms with Crippen molar-refractivity contribution in [3.8, 4) is 0 Å². The molecule has 0 aliphatic rings. The van der Waals surface area contributed by atoms with Gasteiger partial charge in [-0.1, -0.05) is 69.1 Å². The van der Waals surface area contributed by atoms with Gasteiger partial charge in [0.25, 0.3) is 5.97 Å². The van der Waals surface area contributed by atoms with Crippen LogP contribution >= 0.6 is 0 Å². The number of Topliss-reactive ketones (excluding diaryl/α,β-unsaturated/α-hetero) is 1. The second kappa shape index (κ2) is 8.97. The number of carbonyl (C=O) groups is 2. The summed E-state index contributed by atoms with van der Waals surface area (Å²) >= 11 is 0. The molecule has 0 saturated carbocycles. The average Bonchev–Trinajstić information content (AvgIpc) is 2.48. The van der Waals surface area contributed by atoms with Crippen LogP contribution in [0.1, 0.15) is 22.3 Å². The fourth-order valence-electron chi connectivity index (χ4n) is 3.54. The van der Waals surface area contributed by atoms with Crippen LogP contribution in [0.4, 0.5) is 0 Å². The molecule has 29 heavy (non-hydrogen) atoms. The molecule has 0 aliphatic carbocycles. The van der Waals surface area contributed by atoms with Gasteiger partial charge in [0.1, 0.15) is 22.1 Å². The Kier molecular flexibility index (Phi) is 8.03. The van der Waals surface area contributed by atoms with E-state index in [1.165, 1.54) is 0 Å². The molecule has 1 aromatic carbocycles. The maximum Gasteiger partial charge on any atom is 0.295 e. The van der Waals surface area contributed by atoms with Crippen LogP contribution in [-0.2, 0) is 9.22 Å². The van der Waals surface area contributed by atoms with E-state index in [0.29, 0.717) is 5.56 Å². The highest BCUT2D eigenvalue weighted by Gasteiger charge is 2.46. The Balaban J connectivity index is 3.37. The smallest absolute Gasteiger partial charge is 0.295 e. The SMILES string of the molecule is Cc1ccc(C(=O)C(O)(CC(=O)O[Si](C)(C)C)CN([Si](C)(C)C)[Si](C)(C)C)cc1. The van der Waals surface area contributed by atoms with Crippen LogP contribution in [0.25, 0.3) is 0 Å². The van der Waals surface area contributed by atoms with Gasteiger partial charge in [0.15, 0.2) is 5.78 Å². The number of benzene rings is 1. The highest BCUT2D eigenvalue weighted by molar-refractivity contribution is 6.89. The largest absolute Gasteiger partial charge is 0.520 e. The zero-order chi connectivity index (χ0) is 22.8. The van der Waals surface area contributed by atoms with E-state index in [1.54, 1.807) is 12.1 Å². The Morgan fingerprint density at radius 1 is 0.931 bits per heavy atom. The first-order valence-corrected chi connectivity index (χ1v) is 20.5. The van der Waals surface area contributed by atoms with Crippen LogP contribution in [0.5, 0.6) is 0 Å². The molecule has 1 rings (SSSR count). The first kappa shape index (κ1) is 26.0. The number of carbonyl (C=O) groups excluding carboxylic acids is 2. The van der Waals surface area contributed by atoms with Gasteiger partial charge in [-0.15, -0.1) is 0 Å². The van der Waals surface area contributed by atoms with E-state index in [-0.39, 0.29) is 13.0 Å². The third-order valence-electron chi connectivity index (χ3n) is 4.63. The van der Waals surface area contributed by atoms with Crippen LogP contribution in [0.3, 0.4) is 0 Å². The van der Waals surface area contributed by atoms with Gasteiger partial charge in [-0.05, 0) is 26.6 Å².